The van der Waals surface area contributed by atoms with Crippen LogP contribution in [-0.4, -0.2) is 17.9 Å². The van der Waals surface area contributed by atoms with E-state index in [0.717, 1.165) is 18.2 Å². The van der Waals surface area contributed by atoms with E-state index in [1.807, 2.05) is 0 Å². The maximum atomic E-state index is 12.9. The van der Waals surface area contributed by atoms with Crippen molar-refractivity contribution in [2.45, 2.75) is 12.8 Å². The summed E-state index contributed by atoms with van der Waals surface area (Å²) in [6, 6.07) is 14.7. The minimum Gasteiger partial charge on any atom is -0.493 e. The van der Waals surface area contributed by atoms with Crippen LogP contribution in [-0.2, 0) is 17.6 Å². The van der Waals surface area contributed by atoms with E-state index in [1.54, 1.807) is 12.1 Å². The number of carbonyl (C=O) groups excluding carboxylic acids is 1. The SMILES string of the molecule is COc1cc(/C=C(/C#N)C(=O)Nc2cccc(C(F)(F)F)c2)c(Br)cc1OCc1cccc([N+](=O)[O-])c1. The Morgan fingerprint density at radius 1 is 1.16 bits per heavy atom. The van der Waals surface area contributed by atoms with Gasteiger partial charge >= 0.3 is 6.18 Å². The van der Waals surface area contributed by atoms with Gasteiger partial charge in [-0.1, -0.05) is 34.1 Å². The fraction of sp³-hybridized carbons (Fsp3) is 0.120. The van der Waals surface area contributed by atoms with Gasteiger partial charge in [0.05, 0.1) is 17.6 Å². The molecule has 190 valence electrons. The van der Waals surface area contributed by atoms with Crippen LogP contribution in [0.5, 0.6) is 11.5 Å². The van der Waals surface area contributed by atoms with Crippen LogP contribution in [0.15, 0.2) is 70.7 Å². The lowest BCUT2D eigenvalue weighted by Gasteiger charge is -2.13. The topological polar surface area (TPSA) is 114 Å². The summed E-state index contributed by atoms with van der Waals surface area (Å²) in [5.74, 6) is -0.376. The van der Waals surface area contributed by atoms with Gasteiger partial charge in [-0.15, -0.1) is 0 Å². The molecule has 0 aliphatic heterocycles. The van der Waals surface area contributed by atoms with Crippen LogP contribution >= 0.6 is 15.9 Å². The number of non-ortho nitro benzene ring substituents is 1. The third-order valence-electron chi connectivity index (χ3n) is 4.91. The molecule has 37 heavy (non-hydrogen) atoms. The van der Waals surface area contributed by atoms with E-state index < -0.39 is 22.6 Å². The average Bonchev–Trinajstić information content (AvgIpc) is 2.86. The Balaban J connectivity index is 1.82. The molecule has 0 atom stereocenters. The van der Waals surface area contributed by atoms with Gasteiger partial charge < -0.3 is 14.8 Å². The molecule has 0 heterocycles. The number of amides is 1. The molecule has 1 amide bonds. The van der Waals surface area contributed by atoms with Crippen molar-refractivity contribution in [3.05, 3.63) is 97.5 Å². The number of methoxy groups -OCH3 is 1. The van der Waals surface area contributed by atoms with E-state index in [1.165, 1.54) is 49.6 Å². The zero-order valence-electron chi connectivity index (χ0n) is 19.0. The fourth-order valence-electron chi connectivity index (χ4n) is 3.13. The largest absolute Gasteiger partial charge is 0.493 e. The summed E-state index contributed by atoms with van der Waals surface area (Å²) in [5, 5.41) is 22.7. The van der Waals surface area contributed by atoms with E-state index in [2.05, 4.69) is 21.2 Å². The third-order valence-corrected chi connectivity index (χ3v) is 5.60. The number of hydrogen-bond donors (Lipinski definition) is 1. The van der Waals surface area contributed by atoms with E-state index in [9.17, 15) is 33.3 Å². The minimum atomic E-state index is -4.59. The van der Waals surface area contributed by atoms with Gasteiger partial charge in [0.25, 0.3) is 11.6 Å². The zero-order valence-corrected chi connectivity index (χ0v) is 20.6. The molecule has 0 aromatic heterocycles. The maximum absolute atomic E-state index is 12.9. The van der Waals surface area contributed by atoms with Gasteiger partial charge in [0.15, 0.2) is 11.5 Å². The Bertz CT molecular complexity index is 1420. The van der Waals surface area contributed by atoms with Crippen molar-refractivity contribution in [3.8, 4) is 17.6 Å². The second kappa shape index (κ2) is 11.6. The van der Waals surface area contributed by atoms with Crippen molar-refractivity contribution in [3.63, 3.8) is 0 Å². The molecule has 0 unspecified atom stereocenters. The predicted octanol–water partition coefficient (Wildman–Crippen LogP) is 6.51. The smallest absolute Gasteiger partial charge is 0.416 e. The van der Waals surface area contributed by atoms with Crippen LogP contribution in [0.3, 0.4) is 0 Å². The Hall–Kier alpha value is -4.37. The second-order valence-electron chi connectivity index (χ2n) is 7.44. The summed E-state index contributed by atoms with van der Waals surface area (Å²) in [6.45, 7) is 0.00249. The van der Waals surface area contributed by atoms with Crippen LogP contribution in [0.4, 0.5) is 24.5 Å². The van der Waals surface area contributed by atoms with Crippen LogP contribution in [0.1, 0.15) is 16.7 Å². The quantitative estimate of drug-likeness (QED) is 0.142. The third kappa shape index (κ3) is 7.08. The lowest BCUT2D eigenvalue weighted by atomic mass is 10.1. The molecule has 3 aromatic rings. The van der Waals surface area contributed by atoms with Crippen LogP contribution in [0.25, 0.3) is 6.08 Å². The number of rotatable bonds is 8. The molecular weight excluding hydrogens is 559 g/mol. The van der Waals surface area contributed by atoms with Crippen molar-refractivity contribution < 1.29 is 32.4 Å². The minimum absolute atomic E-state index is 0.00249. The Morgan fingerprint density at radius 3 is 2.54 bits per heavy atom. The summed E-state index contributed by atoms with van der Waals surface area (Å²) in [7, 11) is 1.38. The first-order valence-corrected chi connectivity index (χ1v) is 11.1. The van der Waals surface area contributed by atoms with Gasteiger partial charge in [0.1, 0.15) is 18.2 Å². The Labute approximate surface area is 217 Å². The van der Waals surface area contributed by atoms with E-state index in [0.29, 0.717) is 15.6 Å². The number of carbonyl (C=O) groups is 1. The number of alkyl halides is 3. The van der Waals surface area contributed by atoms with E-state index in [4.69, 9.17) is 9.47 Å². The highest BCUT2D eigenvalue weighted by molar-refractivity contribution is 9.10. The monoisotopic (exact) mass is 575 g/mol. The Morgan fingerprint density at radius 2 is 1.89 bits per heavy atom. The predicted molar refractivity (Wildman–Crippen MR) is 132 cm³/mol. The molecule has 3 aromatic carbocycles. The molecule has 3 rings (SSSR count). The van der Waals surface area contributed by atoms with Crippen molar-refractivity contribution in [2.24, 2.45) is 0 Å². The van der Waals surface area contributed by atoms with Gasteiger partial charge in [-0.05, 0) is 47.5 Å². The van der Waals surface area contributed by atoms with Gasteiger partial charge in [-0.25, -0.2) is 0 Å². The molecule has 0 aliphatic carbocycles. The number of benzene rings is 3. The number of halogens is 4. The molecule has 0 saturated carbocycles. The highest BCUT2D eigenvalue weighted by atomic mass is 79.9. The fourth-order valence-corrected chi connectivity index (χ4v) is 3.57. The standard InChI is InChI=1S/C25H17BrF3N3O5/c1-36-22-10-16(21(26)12-23(22)37-14-15-4-2-7-20(8-15)32(34)35)9-17(13-30)24(33)31-19-6-3-5-18(11-19)25(27,28)29/h2-12H,14H2,1H3,(H,31,33)/b17-9-. The summed E-state index contributed by atoms with van der Waals surface area (Å²) >= 11 is 3.34. The average molecular weight is 576 g/mol. The summed E-state index contributed by atoms with van der Waals surface area (Å²) < 4.78 is 50.3. The maximum Gasteiger partial charge on any atom is 0.416 e. The highest BCUT2D eigenvalue weighted by Crippen LogP contribution is 2.35. The number of nitro benzene ring substituents is 1. The van der Waals surface area contributed by atoms with E-state index >= 15 is 0 Å². The van der Waals surface area contributed by atoms with Crippen molar-refractivity contribution in [2.75, 3.05) is 12.4 Å². The van der Waals surface area contributed by atoms with Crippen molar-refractivity contribution in [1.82, 2.24) is 0 Å². The highest BCUT2D eigenvalue weighted by Gasteiger charge is 2.30. The van der Waals surface area contributed by atoms with Crippen LogP contribution < -0.4 is 14.8 Å². The first-order valence-electron chi connectivity index (χ1n) is 10.4. The zero-order chi connectivity index (χ0) is 27.2. The van der Waals surface area contributed by atoms with Crippen LogP contribution in [0, 0.1) is 21.4 Å². The lowest BCUT2D eigenvalue weighted by Crippen LogP contribution is -2.14. The summed E-state index contributed by atoms with van der Waals surface area (Å²) in [5.41, 5.74) is -0.610. The first-order chi connectivity index (χ1) is 17.5. The molecule has 8 nitrogen and oxygen atoms in total. The number of nitro groups is 1. The molecule has 0 spiro atoms. The van der Waals surface area contributed by atoms with E-state index in [-0.39, 0.29) is 35.1 Å². The molecule has 0 bridgehead atoms. The van der Waals surface area contributed by atoms with Gasteiger partial charge in [-0.3, -0.25) is 14.9 Å². The molecule has 0 aliphatic rings. The van der Waals surface area contributed by atoms with Gasteiger partial charge in [-0.2, -0.15) is 18.4 Å². The van der Waals surface area contributed by atoms with Crippen molar-refractivity contribution in [1.29, 1.82) is 5.26 Å². The second-order valence-corrected chi connectivity index (χ2v) is 8.30. The van der Waals surface area contributed by atoms with Crippen molar-refractivity contribution >= 4 is 39.3 Å². The lowest BCUT2D eigenvalue weighted by molar-refractivity contribution is -0.384. The number of ether oxygens (including phenoxy) is 2. The van der Waals surface area contributed by atoms with Crippen LogP contribution in [0.2, 0.25) is 0 Å². The molecular formula is C25H17BrF3N3O5. The normalized spacial score (nSPS) is 11.4. The summed E-state index contributed by atoms with van der Waals surface area (Å²) in [4.78, 5) is 23.0. The number of nitriles is 1. The summed E-state index contributed by atoms with van der Waals surface area (Å²) in [6.07, 6.45) is -3.35. The molecule has 1 N–H and O–H groups in total. The number of nitrogens with zero attached hydrogens (tertiary/aromatic N) is 2. The van der Waals surface area contributed by atoms with Gasteiger partial charge in [0, 0.05) is 22.3 Å². The number of hydrogen-bond acceptors (Lipinski definition) is 6. The molecule has 12 heteroatoms. The molecule has 0 radical (unpaired) electrons. The Kier molecular flexibility index (Phi) is 8.52. The first kappa shape index (κ1) is 27.2. The number of nitrogens with one attached hydrogen (secondary N) is 1. The molecule has 0 fully saturated rings. The molecule has 0 saturated heterocycles. The van der Waals surface area contributed by atoms with Gasteiger partial charge in [0.2, 0.25) is 0 Å². The number of anilines is 1.